The summed E-state index contributed by atoms with van der Waals surface area (Å²) in [6, 6.07) is 13.6. The Morgan fingerprint density at radius 1 is 1.11 bits per heavy atom. The van der Waals surface area contributed by atoms with Crippen LogP contribution in [0.3, 0.4) is 0 Å². The molecule has 4 heteroatoms. The van der Waals surface area contributed by atoms with Crippen LogP contribution in [-0.4, -0.2) is 32.8 Å². The highest BCUT2D eigenvalue weighted by Crippen LogP contribution is 2.57. The van der Waals surface area contributed by atoms with E-state index in [0.29, 0.717) is 6.04 Å². The predicted molar refractivity (Wildman–Crippen MR) is 112 cm³/mol. The summed E-state index contributed by atoms with van der Waals surface area (Å²) in [5.41, 5.74) is 7.77. The van der Waals surface area contributed by atoms with Crippen LogP contribution in [-0.2, 0) is 6.42 Å². The molecule has 0 bridgehead atoms. The molecular formula is C24H26N4. The number of hydrogen-bond acceptors (Lipinski definition) is 3. The lowest BCUT2D eigenvalue weighted by atomic mass is 9.66. The minimum atomic E-state index is 0.194. The minimum Gasteiger partial charge on any atom is -0.310 e. The molecule has 0 saturated carbocycles. The van der Waals surface area contributed by atoms with Gasteiger partial charge in [-0.2, -0.15) is 5.10 Å². The summed E-state index contributed by atoms with van der Waals surface area (Å²) in [6.45, 7) is 6.77. The second kappa shape index (κ2) is 5.77. The number of hydrogen-bond donors (Lipinski definition) is 0. The highest BCUT2D eigenvalue weighted by Gasteiger charge is 2.50. The van der Waals surface area contributed by atoms with Crippen molar-refractivity contribution in [1.82, 2.24) is 19.7 Å². The average Bonchev–Trinajstić information content (AvgIpc) is 3.08. The summed E-state index contributed by atoms with van der Waals surface area (Å²) in [5.74, 6) is 0. The van der Waals surface area contributed by atoms with E-state index in [-0.39, 0.29) is 5.41 Å². The van der Waals surface area contributed by atoms with Crippen LogP contribution in [0, 0.1) is 12.3 Å². The van der Waals surface area contributed by atoms with Crippen molar-refractivity contribution in [2.75, 3.05) is 13.1 Å². The van der Waals surface area contributed by atoms with Crippen LogP contribution in [0.5, 0.6) is 0 Å². The van der Waals surface area contributed by atoms with Gasteiger partial charge in [-0.1, -0.05) is 25.1 Å². The third kappa shape index (κ3) is 2.04. The van der Waals surface area contributed by atoms with Crippen LogP contribution >= 0.6 is 0 Å². The summed E-state index contributed by atoms with van der Waals surface area (Å²) in [6.07, 6.45) is 7.40. The number of aryl methyl sites for hydroxylation is 1. The maximum absolute atomic E-state index is 4.60. The molecule has 0 N–H and O–H groups in total. The number of piperidine rings is 1. The number of fused-ring (bicyclic) bond motifs is 3. The fraction of sp³-hybridized carbons (Fsp3) is 0.417. The van der Waals surface area contributed by atoms with E-state index >= 15 is 0 Å². The van der Waals surface area contributed by atoms with Gasteiger partial charge in [0, 0.05) is 23.0 Å². The fourth-order valence-corrected chi connectivity index (χ4v) is 6.00. The van der Waals surface area contributed by atoms with Crippen molar-refractivity contribution < 1.29 is 0 Å². The fourth-order valence-electron chi connectivity index (χ4n) is 6.00. The van der Waals surface area contributed by atoms with Gasteiger partial charge >= 0.3 is 0 Å². The van der Waals surface area contributed by atoms with E-state index in [9.17, 15) is 0 Å². The van der Waals surface area contributed by atoms with Gasteiger partial charge in [-0.3, -0.25) is 4.90 Å². The molecule has 6 rings (SSSR count). The Hall–Kier alpha value is -2.46. The van der Waals surface area contributed by atoms with Crippen LogP contribution in [0.1, 0.15) is 54.9 Å². The monoisotopic (exact) mass is 370 g/mol. The molecule has 1 aromatic carbocycles. The van der Waals surface area contributed by atoms with E-state index in [2.05, 4.69) is 69.1 Å². The molecule has 2 aromatic heterocycles. The van der Waals surface area contributed by atoms with Gasteiger partial charge in [0.15, 0.2) is 0 Å². The summed E-state index contributed by atoms with van der Waals surface area (Å²) >= 11 is 0. The molecule has 3 aliphatic heterocycles. The number of aromatic nitrogens is 3. The van der Waals surface area contributed by atoms with E-state index in [4.69, 9.17) is 0 Å². The summed E-state index contributed by atoms with van der Waals surface area (Å²) < 4.78 is 2.51. The quantitative estimate of drug-likeness (QED) is 0.654. The van der Waals surface area contributed by atoms with Gasteiger partial charge < -0.3 is 4.57 Å². The topological polar surface area (TPSA) is 34.0 Å². The molecule has 4 nitrogen and oxygen atoms in total. The smallest absolute Gasteiger partial charge is 0.109 e. The number of para-hydroxylation sites is 1. The van der Waals surface area contributed by atoms with Gasteiger partial charge in [0.05, 0.1) is 22.9 Å². The molecule has 3 aromatic rings. The zero-order valence-corrected chi connectivity index (χ0v) is 16.7. The van der Waals surface area contributed by atoms with Crippen molar-refractivity contribution in [2.24, 2.45) is 5.41 Å². The molecule has 1 saturated heterocycles. The van der Waals surface area contributed by atoms with Crippen molar-refractivity contribution in [1.29, 1.82) is 0 Å². The van der Waals surface area contributed by atoms with Gasteiger partial charge in [0.2, 0.25) is 0 Å². The first-order valence-electron chi connectivity index (χ1n) is 10.6. The molecule has 142 valence electrons. The Kier molecular flexibility index (Phi) is 3.40. The molecule has 0 spiro atoms. The Bertz CT molecular complexity index is 1110. The standard InChI is InChI=1S/C24H26N4/c1-3-24-12-6-13-27-14-11-18-17-7-4-5-8-20(17)28(22(18)23(24)27)21(15-24)19-10-9-16(2)25-26-19/h4-5,7-10,15,23H,3,6,11-14H2,1-2H3/t23-,24+/m1/s1. The first kappa shape index (κ1) is 16.5. The molecule has 0 radical (unpaired) electrons. The normalized spacial score (nSPS) is 26.2. The SMILES string of the molecule is CC[C@@]12C=C(c3ccc(C)nn3)n3c4c(c5ccccc53)CCN(CCC1)[C@H]42. The second-order valence-corrected chi connectivity index (χ2v) is 8.68. The van der Waals surface area contributed by atoms with Crippen LogP contribution in [0.15, 0.2) is 42.5 Å². The lowest BCUT2D eigenvalue weighted by Gasteiger charge is -2.53. The highest BCUT2D eigenvalue weighted by molar-refractivity contribution is 5.91. The summed E-state index contributed by atoms with van der Waals surface area (Å²) in [5, 5.41) is 10.4. The third-order valence-electron chi connectivity index (χ3n) is 7.31. The van der Waals surface area contributed by atoms with Crippen molar-refractivity contribution in [3.8, 4) is 0 Å². The number of nitrogens with zero attached hydrogens (tertiary/aromatic N) is 4. The van der Waals surface area contributed by atoms with Crippen LogP contribution in [0.25, 0.3) is 16.6 Å². The van der Waals surface area contributed by atoms with Crippen molar-refractivity contribution in [3.05, 3.63) is 65.1 Å². The highest BCUT2D eigenvalue weighted by atomic mass is 15.2. The van der Waals surface area contributed by atoms with Crippen LogP contribution < -0.4 is 0 Å². The van der Waals surface area contributed by atoms with E-state index in [1.165, 1.54) is 48.2 Å². The lowest BCUT2D eigenvalue weighted by molar-refractivity contribution is 0.0271. The molecule has 0 amide bonds. The van der Waals surface area contributed by atoms with Crippen molar-refractivity contribution >= 4 is 16.6 Å². The molecule has 2 atom stereocenters. The minimum absolute atomic E-state index is 0.194. The first-order valence-corrected chi connectivity index (χ1v) is 10.6. The third-order valence-corrected chi connectivity index (χ3v) is 7.31. The van der Waals surface area contributed by atoms with Crippen molar-refractivity contribution in [3.63, 3.8) is 0 Å². The summed E-state index contributed by atoms with van der Waals surface area (Å²) in [4.78, 5) is 2.75. The maximum atomic E-state index is 4.60. The van der Waals surface area contributed by atoms with E-state index < -0.39 is 0 Å². The van der Waals surface area contributed by atoms with Gasteiger partial charge in [-0.15, -0.1) is 5.10 Å². The van der Waals surface area contributed by atoms with Crippen LogP contribution in [0.2, 0.25) is 0 Å². The molecule has 0 aliphatic carbocycles. The Balaban J connectivity index is 1.72. The van der Waals surface area contributed by atoms with Gasteiger partial charge in [-0.25, -0.2) is 0 Å². The van der Waals surface area contributed by atoms with Gasteiger partial charge in [0.25, 0.3) is 0 Å². The Morgan fingerprint density at radius 3 is 2.82 bits per heavy atom. The zero-order valence-electron chi connectivity index (χ0n) is 16.7. The maximum Gasteiger partial charge on any atom is 0.109 e. The molecule has 0 unspecified atom stereocenters. The van der Waals surface area contributed by atoms with Gasteiger partial charge in [-0.05, 0) is 69.0 Å². The number of rotatable bonds is 2. The first-order chi connectivity index (χ1) is 13.7. The molecular weight excluding hydrogens is 344 g/mol. The lowest BCUT2D eigenvalue weighted by Crippen LogP contribution is -2.50. The van der Waals surface area contributed by atoms with Gasteiger partial charge in [0.1, 0.15) is 5.69 Å². The average molecular weight is 371 g/mol. The summed E-state index contributed by atoms with van der Waals surface area (Å²) in [7, 11) is 0. The Labute approximate surface area is 165 Å². The predicted octanol–water partition coefficient (Wildman–Crippen LogP) is 4.73. The number of benzene rings is 1. The van der Waals surface area contributed by atoms with E-state index in [1.54, 1.807) is 5.56 Å². The second-order valence-electron chi connectivity index (χ2n) is 8.68. The molecule has 1 fully saturated rings. The largest absolute Gasteiger partial charge is 0.310 e. The Morgan fingerprint density at radius 2 is 2.00 bits per heavy atom. The zero-order chi connectivity index (χ0) is 18.9. The van der Waals surface area contributed by atoms with E-state index in [0.717, 1.165) is 24.2 Å². The van der Waals surface area contributed by atoms with E-state index in [1.807, 2.05) is 6.92 Å². The molecule has 3 aliphatic rings. The van der Waals surface area contributed by atoms with Crippen molar-refractivity contribution in [2.45, 2.75) is 45.6 Å². The molecule has 5 heterocycles. The van der Waals surface area contributed by atoms with Crippen LogP contribution in [0.4, 0.5) is 0 Å². The molecule has 28 heavy (non-hydrogen) atoms.